The van der Waals surface area contributed by atoms with Gasteiger partial charge in [0.05, 0.1) is 6.04 Å². The van der Waals surface area contributed by atoms with Crippen molar-refractivity contribution in [2.75, 3.05) is 0 Å². The Kier molecular flexibility index (Phi) is 2.97. The van der Waals surface area contributed by atoms with E-state index in [1.165, 1.54) is 44.9 Å². The van der Waals surface area contributed by atoms with Gasteiger partial charge in [-0.15, -0.1) is 0 Å². The molecule has 0 spiro atoms. The highest BCUT2D eigenvalue weighted by Crippen LogP contribution is 2.47. The van der Waals surface area contributed by atoms with E-state index in [9.17, 15) is 9.18 Å². The molecule has 1 heterocycles. The van der Waals surface area contributed by atoms with E-state index in [0.717, 1.165) is 12.3 Å². The summed E-state index contributed by atoms with van der Waals surface area (Å²) in [6.07, 6.45) is 5.02. The number of aliphatic imine (C=N–C) groups is 1. The maximum Gasteiger partial charge on any atom is 0.245 e. The molecule has 0 aromatic heterocycles. The molecule has 0 aromatic rings. The molecule has 1 N–H and O–H groups in total. The van der Waals surface area contributed by atoms with Gasteiger partial charge < -0.3 is 5.32 Å². The highest BCUT2D eigenvalue weighted by molar-refractivity contribution is 8.16. The minimum atomic E-state index is -1.56. The van der Waals surface area contributed by atoms with Crippen molar-refractivity contribution < 1.29 is 9.18 Å². The Morgan fingerprint density at radius 1 is 1.42 bits per heavy atom. The standard InChI is InChI=1S/C14H21FN2OS/c1-13(2,15)14(3)11(18)17-12(19-14)16-10-7-8-4-5-9(10)6-8/h8-10H,4-7H2,1-3H3,(H,16,17,18)/t8-,9-,10-,14?/m0/s1. The zero-order valence-electron chi connectivity index (χ0n) is 11.7. The summed E-state index contributed by atoms with van der Waals surface area (Å²) in [6, 6.07) is 0.339. The summed E-state index contributed by atoms with van der Waals surface area (Å²) in [5, 5.41) is 3.39. The zero-order chi connectivity index (χ0) is 13.8. The van der Waals surface area contributed by atoms with Crippen molar-refractivity contribution in [3.05, 3.63) is 0 Å². The van der Waals surface area contributed by atoms with Gasteiger partial charge in [0.25, 0.3) is 0 Å². The Labute approximate surface area is 117 Å². The number of alkyl halides is 1. The molecule has 3 rings (SSSR count). The van der Waals surface area contributed by atoms with Crippen molar-refractivity contribution in [2.45, 2.75) is 62.9 Å². The molecule has 1 saturated heterocycles. The minimum Gasteiger partial charge on any atom is -0.304 e. The molecule has 2 saturated carbocycles. The van der Waals surface area contributed by atoms with Crippen LogP contribution in [0.25, 0.3) is 0 Å². The van der Waals surface area contributed by atoms with Crippen molar-refractivity contribution >= 4 is 22.8 Å². The first kappa shape index (κ1) is 13.4. The Bertz CT molecular complexity index is 445. The van der Waals surface area contributed by atoms with Crippen LogP contribution in [0.4, 0.5) is 4.39 Å². The summed E-state index contributed by atoms with van der Waals surface area (Å²) in [5.41, 5.74) is -1.56. The lowest BCUT2D eigenvalue weighted by molar-refractivity contribution is -0.124. The molecule has 3 nitrogen and oxygen atoms in total. The number of halogens is 1. The first-order valence-electron chi connectivity index (χ1n) is 7.07. The SMILES string of the molecule is CC(C)(F)C1(C)SC(=N[C@H]2C[C@H]3CC[C@H]2C3)NC1=O. The van der Waals surface area contributed by atoms with Gasteiger partial charge >= 0.3 is 0 Å². The molecule has 1 aliphatic heterocycles. The van der Waals surface area contributed by atoms with Crippen LogP contribution >= 0.6 is 11.8 Å². The van der Waals surface area contributed by atoms with Crippen molar-refractivity contribution in [3.63, 3.8) is 0 Å². The predicted molar refractivity (Wildman–Crippen MR) is 76.0 cm³/mol. The Morgan fingerprint density at radius 3 is 2.63 bits per heavy atom. The van der Waals surface area contributed by atoms with Gasteiger partial charge in [0.1, 0.15) is 10.4 Å². The van der Waals surface area contributed by atoms with E-state index < -0.39 is 10.4 Å². The number of nitrogens with zero attached hydrogens (tertiary/aromatic N) is 1. The van der Waals surface area contributed by atoms with Crippen LogP contribution in [0.1, 0.15) is 46.5 Å². The quantitative estimate of drug-likeness (QED) is 0.847. The van der Waals surface area contributed by atoms with E-state index >= 15 is 0 Å². The van der Waals surface area contributed by atoms with E-state index in [1.54, 1.807) is 6.92 Å². The second kappa shape index (κ2) is 4.21. The van der Waals surface area contributed by atoms with Gasteiger partial charge in [-0.05, 0) is 51.9 Å². The molecular formula is C14H21FN2OS. The van der Waals surface area contributed by atoms with E-state index in [2.05, 4.69) is 5.32 Å². The largest absolute Gasteiger partial charge is 0.304 e. The third-order valence-electron chi connectivity index (χ3n) is 5.07. The number of hydrogen-bond donors (Lipinski definition) is 1. The van der Waals surface area contributed by atoms with Crippen LogP contribution in [-0.4, -0.2) is 27.5 Å². The Balaban J connectivity index is 1.76. The second-order valence-electron chi connectivity index (χ2n) is 6.74. The number of amidine groups is 1. The molecule has 2 aliphatic carbocycles. The molecule has 4 atom stereocenters. The van der Waals surface area contributed by atoms with Crippen LogP contribution in [0.5, 0.6) is 0 Å². The first-order chi connectivity index (χ1) is 8.79. The average Bonchev–Trinajstić information content (AvgIpc) is 2.94. The van der Waals surface area contributed by atoms with Gasteiger partial charge in [0, 0.05) is 0 Å². The molecule has 1 amide bonds. The predicted octanol–water partition coefficient (Wildman–Crippen LogP) is 2.90. The smallest absolute Gasteiger partial charge is 0.245 e. The first-order valence-corrected chi connectivity index (χ1v) is 7.88. The lowest BCUT2D eigenvalue weighted by Crippen LogP contribution is -2.48. The third kappa shape index (κ3) is 2.10. The van der Waals surface area contributed by atoms with Gasteiger partial charge in [-0.2, -0.15) is 0 Å². The van der Waals surface area contributed by atoms with Gasteiger partial charge in [-0.25, -0.2) is 4.39 Å². The normalized spacial score (nSPS) is 44.1. The van der Waals surface area contributed by atoms with E-state index in [0.29, 0.717) is 17.1 Å². The molecule has 3 fully saturated rings. The number of thioether (sulfide) groups is 1. The minimum absolute atomic E-state index is 0.257. The summed E-state index contributed by atoms with van der Waals surface area (Å²) in [6.45, 7) is 4.58. The van der Waals surface area contributed by atoms with Crippen LogP contribution in [0, 0.1) is 11.8 Å². The molecule has 2 bridgehead atoms. The third-order valence-corrected chi connectivity index (χ3v) is 6.55. The van der Waals surface area contributed by atoms with Crippen LogP contribution in [0.2, 0.25) is 0 Å². The second-order valence-corrected chi connectivity index (χ2v) is 8.15. The number of carbonyl (C=O) groups is 1. The van der Waals surface area contributed by atoms with E-state index in [4.69, 9.17) is 4.99 Å². The lowest BCUT2D eigenvalue weighted by atomic mass is 9.93. The maximum absolute atomic E-state index is 14.2. The monoisotopic (exact) mass is 284 g/mol. The molecule has 0 radical (unpaired) electrons. The Morgan fingerprint density at radius 2 is 2.16 bits per heavy atom. The number of hydrogen-bond acceptors (Lipinski definition) is 3. The van der Waals surface area contributed by atoms with E-state index in [-0.39, 0.29) is 5.91 Å². The highest BCUT2D eigenvalue weighted by atomic mass is 32.2. The van der Waals surface area contributed by atoms with Crippen molar-refractivity contribution in [1.82, 2.24) is 5.32 Å². The number of rotatable bonds is 2. The summed E-state index contributed by atoms with van der Waals surface area (Å²) in [7, 11) is 0. The van der Waals surface area contributed by atoms with Gasteiger partial charge in [0.15, 0.2) is 5.17 Å². The van der Waals surface area contributed by atoms with Crippen LogP contribution < -0.4 is 5.32 Å². The molecule has 19 heavy (non-hydrogen) atoms. The van der Waals surface area contributed by atoms with Crippen molar-refractivity contribution in [3.8, 4) is 0 Å². The number of nitrogens with one attached hydrogen (secondary N) is 1. The number of amides is 1. The fraction of sp³-hybridized carbons (Fsp3) is 0.857. The fourth-order valence-corrected chi connectivity index (χ4v) is 4.56. The van der Waals surface area contributed by atoms with Crippen LogP contribution in [0.15, 0.2) is 4.99 Å². The van der Waals surface area contributed by atoms with Crippen molar-refractivity contribution in [1.29, 1.82) is 0 Å². The molecular weight excluding hydrogens is 263 g/mol. The summed E-state index contributed by atoms with van der Waals surface area (Å²) in [4.78, 5) is 16.7. The topological polar surface area (TPSA) is 41.5 Å². The molecule has 1 unspecified atom stereocenters. The molecule has 3 aliphatic rings. The lowest BCUT2D eigenvalue weighted by Gasteiger charge is -2.29. The Hall–Kier alpha value is -0.580. The van der Waals surface area contributed by atoms with Gasteiger partial charge in [-0.1, -0.05) is 18.2 Å². The molecule has 106 valence electrons. The summed E-state index contributed by atoms with van der Waals surface area (Å²) >= 11 is 1.26. The average molecular weight is 284 g/mol. The van der Waals surface area contributed by atoms with Gasteiger partial charge in [0.2, 0.25) is 5.91 Å². The van der Waals surface area contributed by atoms with E-state index in [1.807, 2.05) is 0 Å². The van der Waals surface area contributed by atoms with Crippen molar-refractivity contribution in [2.24, 2.45) is 16.8 Å². The molecule has 0 aromatic carbocycles. The van der Waals surface area contributed by atoms with Gasteiger partial charge in [-0.3, -0.25) is 9.79 Å². The number of fused-ring (bicyclic) bond motifs is 2. The fourth-order valence-electron chi connectivity index (χ4n) is 3.45. The maximum atomic E-state index is 14.2. The van der Waals surface area contributed by atoms with Crippen LogP contribution in [0.3, 0.4) is 0 Å². The summed E-state index contributed by atoms with van der Waals surface area (Å²) in [5.74, 6) is 1.25. The highest BCUT2D eigenvalue weighted by Gasteiger charge is 2.54. The molecule has 5 heteroatoms. The van der Waals surface area contributed by atoms with Crippen LogP contribution in [-0.2, 0) is 4.79 Å². The zero-order valence-corrected chi connectivity index (χ0v) is 12.5. The number of carbonyl (C=O) groups excluding carboxylic acids is 1. The summed E-state index contributed by atoms with van der Waals surface area (Å²) < 4.78 is 13.2.